The lowest BCUT2D eigenvalue weighted by Crippen LogP contribution is -1.85. The van der Waals surface area contributed by atoms with E-state index in [-0.39, 0.29) is 0 Å². The summed E-state index contributed by atoms with van der Waals surface area (Å²) in [6, 6.07) is 10.8. The topological polar surface area (TPSA) is 0 Å². The fraction of sp³-hybridized carbons (Fsp3) is 0.500. The van der Waals surface area contributed by atoms with Crippen molar-refractivity contribution < 1.29 is 0 Å². The molecule has 1 saturated carbocycles. The standard InChI is InChI=1S/C12H16/c1-2-5-11(6-3-1)7-4-8-12-9-10-12/h1-3,5-6,12H,4,7-10H2. The van der Waals surface area contributed by atoms with Gasteiger partial charge in [-0.15, -0.1) is 0 Å². The molecule has 0 N–H and O–H groups in total. The minimum absolute atomic E-state index is 1.09. The average molecular weight is 160 g/mol. The van der Waals surface area contributed by atoms with Gasteiger partial charge < -0.3 is 0 Å². The van der Waals surface area contributed by atoms with Gasteiger partial charge in [-0.3, -0.25) is 0 Å². The predicted octanol–water partition coefficient (Wildman–Crippen LogP) is 3.42. The maximum Gasteiger partial charge on any atom is -0.0279 e. The first kappa shape index (κ1) is 7.85. The molecule has 1 aromatic rings. The van der Waals surface area contributed by atoms with E-state index in [9.17, 15) is 0 Å². The van der Waals surface area contributed by atoms with Gasteiger partial charge in [0.1, 0.15) is 0 Å². The number of benzene rings is 1. The second-order valence-electron chi connectivity index (χ2n) is 3.82. The third-order valence-electron chi connectivity index (χ3n) is 2.62. The smallest absolute Gasteiger partial charge is 0.0279 e. The van der Waals surface area contributed by atoms with Crippen molar-refractivity contribution in [1.82, 2.24) is 0 Å². The molecule has 0 atom stereocenters. The Morgan fingerprint density at radius 3 is 2.50 bits per heavy atom. The fourth-order valence-corrected chi connectivity index (χ4v) is 1.65. The summed E-state index contributed by atoms with van der Waals surface area (Å²) in [6.07, 6.45) is 7.10. The summed E-state index contributed by atoms with van der Waals surface area (Å²) in [5, 5.41) is 0. The van der Waals surface area contributed by atoms with Gasteiger partial charge in [0.15, 0.2) is 0 Å². The van der Waals surface area contributed by atoms with Gasteiger partial charge >= 0.3 is 0 Å². The Hall–Kier alpha value is -0.780. The lowest BCUT2D eigenvalue weighted by molar-refractivity contribution is 0.666. The van der Waals surface area contributed by atoms with Crippen LogP contribution in [0.5, 0.6) is 0 Å². The minimum Gasteiger partial charge on any atom is -0.0622 e. The van der Waals surface area contributed by atoms with E-state index in [2.05, 4.69) is 30.3 Å². The van der Waals surface area contributed by atoms with Crippen molar-refractivity contribution in [2.45, 2.75) is 32.1 Å². The zero-order valence-corrected chi connectivity index (χ0v) is 7.50. The van der Waals surface area contributed by atoms with Crippen molar-refractivity contribution >= 4 is 0 Å². The molecule has 1 aliphatic rings. The number of rotatable bonds is 4. The molecular weight excluding hydrogens is 144 g/mol. The monoisotopic (exact) mass is 160 g/mol. The van der Waals surface area contributed by atoms with Crippen LogP contribution in [-0.4, -0.2) is 0 Å². The molecule has 0 amide bonds. The Balaban J connectivity index is 1.72. The molecule has 0 spiro atoms. The summed E-state index contributed by atoms with van der Waals surface area (Å²) in [7, 11) is 0. The van der Waals surface area contributed by atoms with Gasteiger partial charge in [0.05, 0.1) is 0 Å². The molecule has 2 rings (SSSR count). The van der Waals surface area contributed by atoms with E-state index in [1.165, 1.54) is 37.7 Å². The van der Waals surface area contributed by atoms with Crippen LogP contribution in [0.4, 0.5) is 0 Å². The Kier molecular flexibility index (Phi) is 2.45. The minimum atomic E-state index is 1.09. The van der Waals surface area contributed by atoms with E-state index in [1.54, 1.807) is 0 Å². The Bertz CT molecular complexity index is 221. The van der Waals surface area contributed by atoms with Crippen molar-refractivity contribution in [2.24, 2.45) is 5.92 Å². The van der Waals surface area contributed by atoms with E-state index < -0.39 is 0 Å². The third kappa shape index (κ3) is 2.37. The predicted molar refractivity (Wildman–Crippen MR) is 52.1 cm³/mol. The molecule has 1 fully saturated rings. The second kappa shape index (κ2) is 3.75. The zero-order chi connectivity index (χ0) is 8.23. The Labute approximate surface area is 74.6 Å². The van der Waals surface area contributed by atoms with Gasteiger partial charge in [0, 0.05) is 0 Å². The number of hydrogen-bond donors (Lipinski definition) is 0. The average Bonchev–Trinajstić information content (AvgIpc) is 2.90. The summed E-state index contributed by atoms with van der Waals surface area (Å²) in [5.74, 6) is 1.09. The van der Waals surface area contributed by atoms with Crippen molar-refractivity contribution in [2.75, 3.05) is 0 Å². The van der Waals surface area contributed by atoms with Crippen LogP contribution in [0.15, 0.2) is 30.3 Å². The van der Waals surface area contributed by atoms with E-state index in [0.717, 1.165) is 5.92 Å². The van der Waals surface area contributed by atoms with Gasteiger partial charge in [0.25, 0.3) is 0 Å². The van der Waals surface area contributed by atoms with Crippen LogP contribution in [0.25, 0.3) is 0 Å². The van der Waals surface area contributed by atoms with Crippen molar-refractivity contribution in [1.29, 1.82) is 0 Å². The van der Waals surface area contributed by atoms with Crippen LogP contribution in [0, 0.1) is 5.92 Å². The van der Waals surface area contributed by atoms with Crippen LogP contribution in [-0.2, 0) is 6.42 Å². The molecule has 0 heteroatoms. The molecule has 1 aromatic carbocycles. The van der Waals surface area contributed by atoms with E-state index in [0.29, 0.717) is 0 Å². The molecule has 12 heavy (non-hydrogen) atoms. The lowest BCUT2D eigenvalue weighted by atomic mass is 10.1. The Morgan fingerprint density at radius 2 is 1.83 bits per heavy atom. The number of aryl methyl sites for hydroxylation is 1. The Morgan fingerprint density at radius 1 is 1.08 bits per heavy atom. The lowest BCUT2D eigenvalue weighted by Gasteiger charge is -1.99. The van der Waals surface area contributed by atoms with Crippen LogP contribution in [0.2, 0.25) is 0 Å². The molecule has 1 aliphatic carbocycles. The fourth-order valence-electron chi connectivity index (χ4n) is 1.65. The molecule has 0 radical (unpaired) electrons. The molecule has 0 bridgehead atoms. The number of hydrogen-bond acceptors (Lipinski definition) is 0. The van der Waals surface area contributed by atoms with Crippen molar-refractivity contribution in [3.8, 4) is 0 Å². The summed E-state index contributed by atoms with van der Waals surface area (Å²) in [5.41, 5.74) is 1.50. The van der Waals surface area contributed by atoms with Gasteiger partial charge in [-0.05, 0) is 24.3 Å². The van der Waals surface area contributed by atoms with Gasteiger partial charge in [-0.2, -0.15) is 0 Å². The highest BCUT2D eigenvalue weighted by Crippen LogP contribution is 2.33. The first-order valence-corrected chi connectivity index (χ1v) is 4.99. The molecule has 0 unspecified atom stereocenters. The van der Waals surface area contributed by atoms with Crippen LogP contribution < -0.4 is 0 Å². The molecule has 0 aromatic heterocycles. The van der Waals surface area contributed by atoms with E-state index in [1.807, 2.05) is 0 Å². The summed E-state index contributed by atoms with van der Waals surface area (Å²) >= 11 is 0. The van der Waals surface area contributed by atoms with Gasteiger partial charge in [0.2, 0.25) is 0 Å². The molecule has 64 valence electrons. The SMILES string of the molecule is c1ccc(CCCC2CC2)cc1. The van der Waals surface area contributed by atoms with Crippen molar-refractivity contribution in [3.05, 3.63) is 35.9 Å². The van der Waals surface area contributed by atoms with E-state index >= 15 is 0 Å². The maximum atomic E-state index is 2.23. The molecule has 0 saturated heterocycles. The van der Waals surface area contributed by atoms with Gasteiger partial charge in [-0.1, -0.05) is 49.6 Å². The summed E-state index contributed by atoms with van der Waals surface area (Å²) < 4.78 is 0. The quantitative estimate of drug-likeness (QED) is 0.633. The van der Waals surface area contributed by atoms with Crippen LogP contribution in [0.3, 0.4) is 0 Å². The zero-order valence-electron chi connectivity index (χ0n) is 7.50. The van der Waals surface area contributed by atoms with Crippen LogP contribution in [0.1, 0.15) is 31.2 Å². The highest BCUT2D eigenvalue weighted by Gasteiger charge is 2.19. The molecular formula is C12H16. The highest BCUT2D eigenvalue weighted by molar-refractivity contribution is 5.14. The molecule has 0 nitrogen and oxygen atoms in total. The largest absolute Gasteiger partial charge is 0.0622 e. The highest BCUT2D eigenvalue weighted by atomic mass is 14.3. The maximum absolute atomic E-state index is 2.23. The van der Waals surface area contributed by atoms with Crippen molar-refractivity contribution in [3.63, 3.8) is 0 Å². The van der Waals surface area contributed by atoms with E-state index in [4.69, 9.17) is 0 Å². The summed E-state index contributed by atoms with van der Waals surface area (Å²) in [4.78, 5) is 0. The first-order valence-electron chi connectivity index (χ1n) is 4.99. The third-order valence-corrected chi connectivity index (χ3v) is 2.62. The molecule has 0 aliphatic heterocycles. The normalized spacial score (nSPS) is 16.3. The first-order chi connectivity index (χ1) is 5.95. The second-order valence-corrected chi connectivity index (χ2v) is 3.82. The molecule has 0 heterocycles. The van der Waals surface area contributed by atoms with Gasteiger partial charge in [-0.25, -0.2) is 0 Å². The summed E-state index contributed by atoms with van der Waals surface area (Å²) in [6.45, 7) is 0. The van der Waals surface area contributed by atoms with Crippen LogP contribution >= 0.6 is 0 Å².